The molecule has 0 aliphatic heterocycles. The zero-order chi connectivity index (χ0) is 13.5. The van der Waals surface area contributed by atoms with Gasteiger partial charge in [0.1, 0.15) is 0 Å². The summed E-state index contributed by atoms with van der Waals surface area (Å²) in [6.45, 7) is 4.35. The summed E-state index contributed by atoms with van der Waals surface area (Å²) in [7, 11) is 0. The van der Waals surface area contributed by atoms with Gasteiger partial charge >= 0.3 is 0 Å². The molecule has 0 heterocycles. The molecule has 2 aromatic carbocycles. The fraction of sp³-hybridized carbons (Fsp3) is 0.176. The Morgan fingerprint density at radius 1 is 1.00 bits per heavy atom. The quantitative estimate of drug-likeness (QED) is 0.825. The van der Waals surface area contributed by atoms with Crippen molar-refractivity contribution in [3.05, 3.63) is 83.4 Å². The first-order valence-electron chi connectivity index (χ1n) is 6.41. The van der Waals surface area contributed by atoms with Crippen LogP contribution in [0.25, 0.3) is 0 Å². The van der Waals surface area contributed by atoms with Gasteiger partial charge in [0.15, 0.2) is 0 Å². The molecule has 1 N–H and O–H groups in total. The second kappa shape index (κ2) is 7.13. The molecule has 1 nitrogen and oxygen atoms in total. The third kappa shape index (κ3) is 4.55. The lowest BCUT2D eigenvalue weighted by Gasteiger charge is -2.19. The van der Waals surface area contributed by atoms with Gasteiger partial charge in [0.25, 0.3) is 0 Å². The summed E-state index contributed by atoms with van der Waals surface area (Å²) in [4.78, 5) is 0. The molecule has 2 rings (SSSR count). The Kier molecular flexibility index (Phi) is 5.20. The van der Waals surface area contributed by atoms with Gasteiger partial charge in [-0.1, -0.05) is 78.8 Å². The van der Waals surface area contributed by atoms with Gasteiger partial charge < -0.3 is 5.32 Å². The minimum Gasteiger partial charge on any atom is -0.305 e. The minimum atomic E-state index is 0.249. The van der Waals surface area contributed by atoms with Crippen molar-refractivity contribution in [1.82, 2.24) is 5.32 Å². The number of halogens is 1. The van der Waals surface area contributed by atoms with Crippen molar-refractivity contribution >= 4 is 11.6 Å². The third-order valence-electron chi connectivity index (χ3n) is 3.02. The summed E-state index contributed by atoms with van der Waals surface area (Å²) in [6.07, 6.45) is 0.940. The largest absolute Gasteiger partial charge is 0.305 e. The molecule has 0 aliphatic rings. The van der Waals surface area contributed by atoms with Gasteiger partial charge in [-0.05, 0) is 17.5 Å². The van der Waals surface area contributed by atoms with Crippen molar-refractivity contribution in [3.8, 4) is 0 Å². The molecule has 0 spiro atoms. The molecule has 0 amide bonds. The van der Waals surface area contributed by atoms with E-state index in [4.69, 9.17) is 11.6 Å². The molecule has 1 atom stereocenters. The lowest BCUT2D eigenvalue weighted by molar-refractivity contribution is 0.562. The number of benzene rings is 2. The van der Waals surface area contributed by atoms with Gasteiger partial charge in [0, 0.05) is 17.6 Å². The molecular weight excluding hydrogens is 254 g/mol. The summed E-state index contributed by atoms with van der Waals surface area (Å²) in [5.41, 5.74) is 2.58. The lowest BCUT2D eigenvalue weighted by Crippen LogP contribution is -2.24. The smallest absolute Gasteiger partial charge is 0.0364 e. The van der Waals surface area contributed by atoms with E-state index in [1.807, 2.05) is 12.1 Å². The summed E-state index contributed by atoms with van der Waals surface area (Å²) >= 11 is 5.86. The number of hydrogen-bond donors (Lipinski definition) is 1. The van der Waals surface area contributed by atoms with Crippen LogP contribution in [-0.2, 0) is 6.42 Å². The van der Waals surface area contributed by atoms with Crippen LogP contribution in [0.4, 0.5) is 0 Å². The van der Waals surface area contributed by atoms with Crippen LogP contribution in [0, 0.1) is 0 Å². The van der Waals surface area contributed by atoms with Crippen molar-refractivity contribution in [2.75, 3.05) is 6.54 Å². The molecular formula is C17H18ClN. The molecule has 2 aromatic rings. The Hall–Kier alpha value is -1.57. The van der Waals surface area contributed by atoms with Gasteiger partial charge in [-0.25, -0.2) is 0 Å². The second-order valence-corrected chi connectivity index (χ2v) is 5.09. The molecule has 1 unspecified atom stereocenters. The second-order valence-electron chi connectivity index (χ2n) is 4.55. The van der Waals surface area contributed by atoms with E-state index in [0.717, 1.165) is 6.42 Å². The van der Waals surface area contributed by atoms with E-state index in [9.17, 15) is 0 Å². The number of rotatable bonds is 6. The first kappa shape index (κ1) is 13.9. The van der Waals surface area contributed by atoms with Crippen LogP contribution in [0.15, 0.2) is 72.3 Å². The van der Waals surface area contributed by atoms with E-state index >= 15 is 0 Å². The normalized spacial score (nSPS) is 12.1. The minimum absolute atomic E-state index is 0.249. The Balaban J connectivity index is 2.12. The van der Waals surface area contributed by atoms with Crippen LogP contribution in [0.2, 0.25) is 0 Å². The van der Waals surface area contributed by atoms with Crippen LogP contribution >= 0.6 is 11.6 Å². The van der Waals surface area contributed by atoms with Crippen molar-refractivity contribution < 1.29 is 0 Å². The molecule has 0 aromatic heterocycles. The molecule has 19 heavy (non-hydrogen) atoms. The molecule has 0 fully saturated rings. The van der Waals surface area contributed by atoms with Crippen molar-refractivity contribution in [2.45, 2.75) is 12.5 Å². The highest BCUT2D eigenvalue weighted by atomic mass is 35.5. The highest BCUT2D eigenvalue weighted by Crippen LogP contribution is 2.18. The number of hydrogen-bond acceptors (Lipinski definition) is 1. The van der Waals surface area contributed by atoms with Gasteiger partial charge in [0.2, 0.25) is 0 Å². The Labute approximate surface area is 119 Å². The molecule has 0 bridgehead atoms. The highest BCUT2D eigenvalue weighted by Gasteiger charge is 2.11. The SMILES string of the molecule is C=C(Cl)CNC(Cc1ccccc1)c1ccccc1. The van der Waals surface area contributed by atoms with E-state index in [-0.39, 0.29) is 6.04 Å². The standard InChI is InChI=1S/C17H18ClN/c1-14(18)13-19-17(16-10-6-3-7-11-16)12-15-8-4-2-5-9-15/h2-11,17,19H,1,12-13H2. The average Bonchev–Trinajstić information content (AvgIpc) is 2.45. The van der Waals surface area contributed by atoms with Crippen LogP contribution in [0.3, 0.4) is 0 Å². The maximum absolute atomic E-state index is 5.86. The third-order valence-corrected chi connectivity index (χ3v) is 3.16. The summed E-state index contributed by atoms with van der Waals surface area (Å²) in [5.74, 6) is 0. The van der Waals surface area contributed by atoms with Gasteiger partial charge in [-0.2, -0.15) is 0 Å². The molecule has 2 heteroatoms. The fourth-order valence-corrected chi connectivity index (χ4v) is 2.15. The van der Waals surface area contributed by atoms with Crippen molar-refractivity contribution in [2.24, 2.45) is 0 Å². The monoisotopic (exact) mass is 271 g/mol. The highest BCUT2D eigenvalue weighted by molar-refractivity contribution is 6.29. The van der Waals surface area contributed by atoms with Crippen LogP contribution in [-0.4, -0.2) is 6.54 Å². The Morgan fingerprint density at radius 3 is 2.16 bits per heavy atom. The van der Waals surface area contributed by atoms with E-state index in [1.54, 1.807) is 0 Å². The molecule has 0 radical (unpaired) electrons. The summed E-state index contributed by atoms with van der Waals surface area (Å²) < 4.78 is 0. The predicted octanol–water partition coefficient (Wildman–Crippen LogP) is 4.31. The number of nitrogens with one attached hydrogen (secondary N) is 1. The van der Waals surface area contributed by atoms with Crippen molar-refractivity contribution in [3.63, 3.8) is 0 Å². The van der Waals surface area contributed by atoms with Crippen LogP contribution in [0.5, 0.6) is 0 Å². The molecule has 0 aliphatic carbocycles. The van der Waals surface area contributed by atoms with E-state index in [0.29, 0.717) is 11.6 Å². The van der Waals surface area contributed by atoms with E-state index in [1.165, 1.54) is 11.1 Å². The van der Waals surface area contributed by atoms with Gasteiger partial charge in [-0.3, -0.25) is 0 Å². The first-order chi connectivity index (χ1) is 9.25. The fourth-order valence-electron chi connectivity index (χ4n) is 2.08. The topological polar surface area (TPSA) is 12.0 Å². The van der Waals surface area contributed by atoms with E-state index < -0.39 is 0 Å². The van der Waals surface area contributed by atoms with Crippen molar-refractivity contribution in [1.29, 1.82) is 0 Å². The average molecular weight is 272 g/mol. The Morgan fingerprint density at radius 2 is 1.58 bits per heavy atom. The Bertz CT molecular complexity index is 507. The summed E-state index contributed by atoms with van der Waals surface area (Å²) in [5, 5.41) is 4.09. The molecule has 98 valence electrons. The zero-order valence-electron chi connectivity index (χ0n) is 10.9. The zero-order valence-corrected chi connectivity index (χ0v) is 11.6. The maximum atomic E-state index is 5.86. The van der Waals surface area contributed by atoms with Crippen LogP contribution < -0.4 is 5.32 Å². The predicted molar refractivity (Wildman–Crippen MR) is 82.3 cm³/mol. The first-order valence-corrected chi connectivity index (χ1v) is 6.79. The van der Waals surface area contributed by atoms with Crippen LogP contribution in [0.1, 0.15) is 17.2 Å². The van der Waals surface area contributed by atoms with Gasteiger partial charge in [-0.15, -0.1) is 0 Å². The van der Waals surface area contributed by atoms with Gasteiger partial charge in [0.05, 0.1) is 0 Å². The molecule has 0 saturated carbocycles. The maximum Gasteiger partial charge on any atom is 0.0364 e. The summed E-state index contributed by atoms with van der Waals surface area (Å²) in [6, 6.07) is 21.1. The van der Waals surface area contributed by atoms with E-state index in [2.05, 4.69) is 60.4 Å². The lowest BCUT2D eigenvalue weighted by atomic mass is 9.99. The molecule has 0 saturated heterocycles.